The first-order valence-electron chi connectivity index (χ1n) is 9.37. The molecule has 4 rings (SSSR count). The molecule has 1 saturated carbocycles. The Bertz CT molecular complexity index is 552. The van der Waals surface area contributed by atoms with Gasteiger partial charge in [0.1, 0.15) is 0 Å². The quantitative estimate of drug-likeness (QED) is 0.907. The molecule has 1 spiro atoms. The van der Waals surface area contributed by atoms with Crippen molar-refractivity contribution < 1.29 is 4.79 Å². The Morgan fingerprint density at radius 3 is 2.57 bits per heavy atom. The smallest absolute Gasteiger partial charge is 0.220 e. The van der Waals surface area contributed by atoms with Crippen molar-refractivity contribution in [1.29, 1.82) is 0 Å². The molecule has 23 heavy (non-hydrogen) atoms. The fraction of sp³-hybridized carbons (Fsp3) is 0.650. The number of hydrogen-bond acceptors (Lipinski definition) is 2. The van der Waals surface area contributed by atoms with Crippen LogP contribution in [0.4, 0.5) is 0 Å². The van der Waals surface area contributed by atoms with Gasteiger partial charge in [0.05, 0.1) is 5.54 Å². The molecule has 1 aromatic rings. The van der Waals surface area contributed by atoms with Gasteiger partial charge < -0.3 is 5.32 Å². The number of hydrogen-bond donors (Lipinski definition) is 1. The number of benzene rings is 1. The van der Waals surface area contributed by atoms with Crippen molar-refractivity contribution in [1.82, 2.24) is 10.2 Å². The van der Waals surface area contributed by atoms with Crippen molar-refractivity contribution in [3.05, 3.63) is 35.9 Å². The van der Waals surface area contributed by atoms with Gasteiger partial charge in [0.2, 0.25) is 5.91 Å². The van der Waals surface area contributed by atoms with E-state index in [1.165, 1.54) is 37.7 Å². The molecular weight excluding hydrogens is 284 g/mol. The highest BCUT2D eigenvalue weighted by atomic mass is 16.1. The van der Waals surface area contributed by atoms with Crippen LogP contribution in [-0.2, 0) is 4.79 Å². The molecular formula is C20H28N2O. The lowest BCUT2D eigenvalue weighted by molar-refractivity contribution is -0.125. The first kappa shape index (κ1) is 15.2. The van der Waals surface area contributed by atoms with Crippen LogP contribution in [0.3, 0.4) is 0 Å². The monoisotopic (exact) mass is 312 g/mol. The molecule has 3 aliphatic rings. The second kappa shape index (κ2) is 6.27. The van der Waals surface area contributed by atoms with E-state index in [4.69, 9.17) is 0 Å². The number of likely N-dealkylation sites (tertiary alicyclic amines) is 1. The third-order valence-electron chi connectivity index (χ3n) is 6.28. The minimum Gasteiger partial charge on any atom is -0.349 e. The van der Waals surface area contributed by atoms with Gasteiger partial charge >= 0.3 is 0 Å². The summed E-state index contributed by atoms with van der Waals surface area (Å²) in [5.41, 5.74) is 1.36. The molecule has 1 amide bonds. The van der Waals surface area contributed by atoms with Gasteiger partial charge in [-0.1, -0.05) is 49.6 Å². The van der Waals surface area contributed by atoms with Crippen molar-refractivity contribution in [3.63, 3.8) is 0 Å². The van der Waals surface area contributed by atoms with Crippen LogP contribution in [0.25, 0.3) is 0 Å². The second-order valence-electron chi connectivity index (χ2n) is 7.74. The molecule has 0 aromatic heterocycles. The van der Waals surface area contributed by atoms with Gasteiger partial charge in [-0.15, -0.1) is 0 Å². The summed E-state index contributed by atoms with van der Waals surface area (Å²) in [7, 11) is 0. The first-order valence-corrected chi connectivity index (χ1v) is 9.37. The van der Waals surface area contributed by atoms with Crippen LogP contribution in [0.15, 0.2) is 30.3 Å². The Morgan fingerprint density at radius 2 is 1.83 bits per heavy atom. The number of nitrogens with zero attached hydrogens (tertiary/aromatic N) is 1. The van der Waals surface area contributed by atoms with Gasteiger partial charge in [-0.2, -0.15) is 0 Å². The molecule has 1 aliphatic carbocycles. The standard InChI is InChI=1S/C20H28N2O/c23-19-12-7-13-20(21-19)15-22(17-10-5-2-6-11-17)14-18(20)16-8-3-1-4-9-16/h1,3-4,8-9,17-18H,2,5-7,10-15H2,(H,21,23)/t18-,20-/m1/s1. The van der Waals surface area contributed by atoms with Gasteiger partial charge in [-0.3, -0.25) is 9.69 Å². The number of amides is 1. The van der Waals surface area contributed by atoms with E-state index in [2.05, 4.69) is 40.5 Å². The van der Waals surface area contributed by atoms with Gasteiger partial charge in [0.25, 0.3) is 0 Å². The summed E-state index contributed by atoms with van der Waals surface area (Å²) in [4.78, 5) is 14.9. The molecule has 2 aliphatic heterocycles. The Morgan fingerprint density at radius 1 is 1.04 bits per heavy atom. The van der Waals surface area contributed by atoms with Crippen LogP contribution in [-0.4, -0.2) is 35.5 Å². The Labute approximate surface area is 139 Å². The molecule has 124 valence electrons. The molecule has 1 aromatic carbocycles. The van der Waals surface area contributed by atoms with Crippen molar-refractivity contribution in [3.8, 4) is 0 Å². The number of nitrogens with one attached hydrogen (secondary N) is 1. The molecule has 3 fully saturated rings. The van der Waals surface area contributed by atoms with E-state index >= 15 is 0 Å². The van der Waals surface area contributed by atoms with E-state index in [9.17, 15) is 4.79 Å². The van der Waals surface area contributed by atoms with Gasteiger partial charge in [-0.25, -0.2) is 0 Å². The molecule has 0 bridgehead atoms. The second-order valence-corrected chi connectivity index (χ2v) is 7.74. The van der Waals surface area contributed by atoms with E-state index in [1.807, 2.05) is 0 Å². The minimum absolute atomic E-state index is 0.0336. The Kier molecular flexibility index (Phi) is 4.14. The van der Waals surface area contributed by atoms with Crippen molar-refractivity contribution in [2.45, 2.75) is 68.9 Å². The number of carbonyl (C=O) groups excluding carboxylic acids is 1. The normalized spacial score (nSPS) is 33.0. The van der Waals surface area contributed by atoms with Crippen molar-refractivity contribution >= 4 is 5.91 Å². The van der Waals surface area contributed by atoms with Crippen LogP contribution in [0.2, 0.25) is 0 Å². The van der Waals surface area contributed by atoms with E-state index < -0.39 is 0 Å². The molecule has 3 nitrogen and oxygen atoms in total. The molecule has 1 N–H and O–H groups in total. The van der Waals surface area contributed by atoms with Crippen LogP contribution in [0, 0.1) is 0 Å². The molecule has 0 radical (unpaired) electrons. The molecule has 2 atom stereocenters. The van der Waals surface area contributed by atoms with E-state index in [-0.39, 0.29) is 11.4 Å². The summed E-state index contributed by atoms with van der Waals surface area (Å²) >= 11 is 0. The topological polar surface area (TPSA) is 32.3 Å². The molecule has 2 saturated heterocycles. The summed E-state index contributed by atoms with van der Waals surface area (Å²) in [5, 5.41) is 3.43. The van der Waals surface area contributed by atoms with Crippen molar-refractivity contribution in [2.24, 2.45) is 0 Å². The lowest BCUT2D eigenvalue weighted by Crippen LogP contribution is -2.56. The van der Waals surface area contributed by atoms with Crippen LogP contribution >= 0.6 is 0 Å². The maximum Gasteiger partial charge on any atom is 0.220 e. The van der Waals surface area contributed by atoms with Crippen LogP contribution in [0.5, 0.6) is 0 Å². The predicted molar refractivity (Wildman–Crippen MR) is 92.4 cm³/mol. The highest BCUT2D eigenvalue weighted by Crippen LogP contribution is 2.43. The number of piperidine rings is 1. The zero-order valence-electron chi connectivity index (χ0n) is 14.0. The summed E-state index contributed by atoms with van der Waals surface area (Å²) in [6.07, 6.45) is 9.68. The summed E-state index contributed by atoms with van der Waals surface area (Å²) in [6, 6.07) is 11.6. The zero-order valence-corrected chi connectivity index (χ0v) is 14.0. The maximum absolute atomic E-state index is 12.2. The summed E-state index contributed by atoms with van der Waals surface area (Å²) in [6.45, 7) is 2.15. The third kappa shape index (κ3) is 2.91. The lowest BCUT2D eigenvalue weighted by atomic mass is 9.76. The van der Waals surface area contributed by atoms with Crippen LogP contribution < -0.4 is 5.32 Å². The minimum atomic E-state index is -0.0336. The third-order valence-corrected chi connectivity index (χ3v) is 6.28. The van der Waals surface area contributed by atoms with Gasteiger partial charge in [-0.05, 0) is 31.2 Å². The van der Waals surface area contributed by atoms with E-state index in [0.29, 0.717) is 12.3 Å². The molecule has 0 unspecified atom stereocenters. The van der Waals surface area contributed by atoms with Crippen molar-refractivity contribution in [2.75, 3.05) is 13.1 Å². The fourth-order valence-corrected chi connectivity index (χ4v) is 5.13. The fourth-order valence-electron chi connectivity index (χ4n) is 5.13. The SMILES string of the molecule is O=C1CCC[C@]2(CN(C3CCCCC3)C[C@@H]2c2ccccc2)N1. The summed E-state index contributed by atoms with van der Waals surface area (Å²) < 4.78 is 0. The Balaban J connectivity index is 1.62. The molecule has 2 heterocycles. The Hall–Kier alpha value is -1.35. The average Bonchev–Trinajstić information content (AvgIpc) is 2.95. The zero-order chi connectivity index (χ0) is 15.7. The van der Waals surface area contributed by atoms with E-state index in [0.717, 1.165) is 32.0 Å². The largest absolute Gasteiger partial charge is 0.349 e. The van der Waals surface area contributed by atoms with Gasteiger partial charge in [0.15, 0.2) is 0 Å². The predicted octanol–water partition coefficient (Wildman–Crippen LogP) is 3.46. The summed E-state index contributed by atoms with van der Waals surface area (Å²) in [5.74, 6) is 0.692. The lowest BCUT2D eigenvalue weighted by Gasteiger charge is -2.40. The maximum atomic E-state index is 12.2. The molecule has 3 heteroatoms. The number of carbonyl (C=O) groups is 1. The van der Waals surface area contributed by atoms with E-state index in [1.54, 1.807) is 0 Å². The highest BCUT2D eigenvalue weighted by molar-refractivity contribution is 5.78. The first-order chi connectivity index (χ1) is 11.3. The number of rotatable bonds is 2. The average molecular weight is 312 g/mol. The van der Waals surface area contributed by atoms with Crippen LogP contribution in [0.1, 0.15) is 62.8 Å². The van der Waals surface area contributed by atoms with Gasteiger partial charge in [0, 0.05) is 31.5 Å². The highest BCUT2D eigenvalue weighted by Gasteiger charge is 2.50.